The third-order valence-corrected chi connectivity index (χ3v) is 5.92. The van der Waals surface area contributed by atoms with Crippen molar-refractivity contribution in [1.29, 1.82) is 0 Å². The van der Waals surface area contributed by atoms with Crippen molar-refractivity contribution in [2.75, 3.05) is 13.6 Å². The van der Waals surface area contributed by atoms with Gasteiger partial charge in [0.1, 0.15) is 17.5 Å². The summed E-state index contributed by atoms with van der Waals surface area (Å²) < 4.78 is 6.50. The lowest BCUT2D eigenvalue weighted by molar-refractivity contribution is -0.131. The van der Waals surface area contributed by atoms with Crippen molar-refractivity contribution >= 4 is 21.8 Å². The molecular formula is C23H25BrN4O2. The summed E-state index contributed by atoms with van der Waals surface area (Å²) in [5.41, 5.74) is 9.45. The first-order chi connectivity index (χ1) is 14.6. The lowest BCUT2D eigenvalue weighted by Gasteiger charge is -2.20. The van der Waals surface area contributed by atoms with Gasteiger partial charge in [-0.1, -0.05) is 63.6 Å². The lowest BCUT2D eigenvalue weighted by atomic mass is 10.0. The number of carbonyl (C=O) groups is 1. The number of hydrazine groups is 1. The van der Waals surface area contributed by atoms with E-state index in [2.05, 4.69) is 44.1 Å². The molecule has 2 aromatic carbocycles. The first-order valence-electron chi connectivity index (χ1n) is 10.1. The highest BCUT2D eigenvalue weighted by Crippen LogP contribution is 2.24. The Morgan fingerprint density at radius 1 is 1.17 bits per heavy atom. The third-order valence-electron chi connectivity index (χ3n) is 5.40. The molecule has 1 aliphatic heterocycles. The predicted octanol–water partition coefficient (Wildman–Crippen LogP) is 4.10. The largest absolute Gasteiger partial charge is 0.361 e. The molecule has 0 spiro atoms. The van der Waals surface area contributed by atoms with E-state index in [9.17, 15) is 4.79 Å². The second kappa shape index (κ2) is 9.55. The minimum absolute atomic E-state index is 0.102. The number of aromatic nitrogens is 1. The molecule has 2 unspecified atom stereocenters. The van der Waals surface area contributed by atoms with Crippen LogP contribution in [-0.4, -0.2) is 35.6 Å². The highest BCUT2D eigenvalue weighted by molar-refractivity contribution is 9.10. The number of rotatable bonds is 7. The van der Waals surface area contributed by atoms with Crippen LogP contribution in [0, 0.1) is 0 Å². The Labute approximate surface area is 184 Å². The van der Waals surface area contributed by atoms with Gasteiger partial charge in [-0.05, 0) is 30.5 Å². The topological polar surface area (TPSA) is 70.4 Å². The van der Waals surface area contributed by atoms with Gasteiger partial charge in [0.25, 0.3) is 0 Å². The fourth-order valence-corrected chi connectivity index (χ4v) is 3.94. The van der Waals surface area contributed by atoms with Crippen LogP contribution in [0.25, 0.3) is 11.3 Å². The van der Waals surface area contributed by atoms with Crippen LogP contribution >= 0.6 is 15.9 Å². The molecule has 1 amide bonds. The van der Waals surface area contributed by atoms with Gasteiger partial charge in [0.05, 0.1) is 0 Å². The zero-order valence-corrected chi connectivity index (χ0v) is 18.4. The monoisotopic (exact) mass is 468 g/mol. The van der Waals surface area contributed by atoms with Crippen LogP contribution in [-0.2, 0) is 11.2 Å². The Balaban J connectivity index is 1.24. The summed E-state index contributed by atoms with van der Waals surface area (Å²) in [5, 5.41) is 4.15. The SMILES string of the molecule is CN(CCCc1cc(-c2ccccc2)no1)C(=O)C1CC(c2ccc(Br)cc2)NN1. The van der Waals surface area contributed by atoms with E-state index in [1.54, 1.807) is 4.90 Å². The number of halogens is 1. The second-order valence-electron chi connectivity index (χ2n) is 7.59. The Bertz CT molecular complexity index is 974. The Kier molecular flexibility index (Phi) is 6.62. The molecule has 156 valence electrons. The Morgan fingerprint density at radius 2 is 1.93 bits per heavy atom. The molecular weight excluding hydrogens is 444 g/mol. The summed E-state index contributed by atoms with van der Waals surface area (Å²) in [5.74, 6) is 0.940. The molecule has 2 heterocycles. The highest BCUT2D eigenvalue weighted by atomic mass is 79.9. The molecule has 0 bridgehead atoms. The maximum absolute atomic E-state index is 12.8. The number of benzene rings is 2. The van der Waals surface area contributed by atoms with E-state index in [-0.39, 0.29) is 18.0 Å². The first-order valence-corrected chi connectivity index (χ1v) is 10.9. The number of nitrogens with one attached hydrogen (secondary N) is 2. The van der Waals surface area contributed by atoms with E-state index >= 15 is 0 Å². The van der Waals surface area contributed by atoms with Gasteiger partial charge in [-0.15, -0.1) is 0 Å². The summed E-state index contributed by atoms with van der Waals surface area (Å²) in [4.78, 5) is 14.6. The van der Waals surface area contributed by atoms with E-state index < -0.39 is 0 Å². The van der Waals surface area contributed by atoms with Gasteiger partial charge in [-0.2, -0.15) is 0 Å². The molecule has 0 radical (unpaired) electrons. The fraction of sp³-hybridized carbons (Fsp3) is 0.304. The smallest absolute Gasteiger partial charge is 0.240 e. The van der Waals surface area contributed by atoms with Crippen LogP contribution in [0.5, 0.6) is 0 Å². The minimum Gasteiger partial charge on any atom is -0.361 e. The molecule has 0 saturated carbocycles. The van der Waals surface area contributed by atoms with E-state index in [1.165, 1.54) is 5.56 Å². The van der Waals surface area contributed by atoms with E-state index in [4.69, 9.17) is 4.52 Å². The van der Waals surface area contributed by atoms with Gasteiger partial charge in [0.15, 0.2) is 0 Å². The number of hydrogen-bond acceptors (Lipinski definition) is 5. The molecule has 30 heavy (non-hydrogen) atoms. The zero-order chi connectivity index (χ0) is 20.9. The van der Waals surface area contributed by atoms with Crippen LogP contribution in [0.1, 0.15) is 30.2 Å². The van der Waals surface area contributed by atoms with Crippen molar-refractivity contribution in [3.05, 3.63) is 76.5 Å². The van der Waals surface area contributed by atoms with E-state index in [1.807, 2.05) is 55.6 Å². The van der Waals surface area contributed by atoms with Crippen LogP contribution in [0.4, 0.5) is 0 Å². The molecule has 2 N–H and O–H groups in total. The molecule has 1 aromatic heterocycles. The summed E-state index contributed by atoms with van der Waals surface area (Å²) in [6.07, 6.45) is 2.30. The normalized spacial score (nSPS) is 18.5. The number of aryl methyl sites for hydroxylation is 1. The Morgan fingerprint density at radius 3 is 2.70 bits per heavy atom. The summed E-state index contributed by atoms with van der Waals surface area (Å²) in [6.45, 7) is 0.668. The van der Waals surface area contributed by atoms with Gasteiger partial charge in [0.2, 0.25) is 5.91 Å². The molecule has 3 aromatic rings. The molecule has 6 nitrogen and oxygen atoms in total. The predicted molar refractivity (Wildman–Crippen MR) is 119 cm³/mol. The van der Waals surface area contributed by atoms with Crippen molar-refractivity contribution in [3.63, 3.8) is 0 Å². The molecule has 0 aliphatic carbocycles. The number of carbonyl (C=O) groups excluding carboxylic acids is 1. The van der Waals surface area contributed by atoms with Crippen molar-refractivity contribution in [2.45, 2.75) is 31.3 Å². The van der Waals surface area contributed by atoms with Gasteiger partial charge < -0.3 is 9.42 Å². The summed E-state index contributed by atoms with van der Waals surface area (Å²) in [6, 6.07) is 20.0. The van der Waals surface area contributed by atoms with Gasteiger partial charge >= 0.3 is 0 Å². The van der Waals surface area contributed by atoms with Crippen molar-refractivity contribution < 1.29 is 9.32 Å². The number of likely N-dealkylation sites (N-methyl/N-ethyl adjacent to an activating group) is 1. The average Bonchev–Trinajstić information content (AvgIpc) is 3.44. The first kappa shape index (κ1) is 20.8. The van der Waals surface area contributed by atoms with E-state index in [0.717, 1.165) is 40.8 Å². The molecule has 4 rings (SSSR count). The standard InChI is InChI=1S/C23H25BrN4O2/c1-28(13-5-8-19-14-21(27-30-19)16-6-3-2-4-7-16)23(29)22-15-20(25-26-22)17-9-11-18(24)12-10-17/h2-4,6-7,9-12,14,20,22,25-26H,5,8,13,15H2,1H3. The quantitative estimate of drug-likeness (QED) is 0.545. The molecule has 7 heteroatoms. The van der Waals surface area contributed by atoms with Crippen molar-refractivity contribution in [3.8, 4) is 11.3 Å². The maximum atomic E-state index is 12.8. The van der Waals surface area contributed by atoms with Crippen LogP contribution < -0.4 is 10.9 Å². The maximum Gasteiger partial charge on any atom is 0.240 e. The van der Waals surface area contributed by atoms with Gasteiger partial charge in [-0.25, -0.2) is 10.9 Å². The lowest BCUT2D eigenvalue weighted by Crippen LogP contribution is -2.44. The molecule has 1 fully saturated rings. The van der Waals surface area contributed by atoms with Crippen molar-refractivity contribution in [1.82, 2.24) is 20.9 Å². The average molecular weight is 469 g/mol. The summed E-state index contributed by atoms with van der Waals surface area (Å²) in [7, 11) is 1.85. The van der Waals surface area contributed by atoms with Crippen LogP contribution in [0.2, 0.25) is 0 Å². The highest BCUT2D eigenvalue weighted by Gasteiger charge is 2.31. The minimum atomic E-state index is -0.224. The van der Waals surface area contributed by atoms with Crippen LogP contribution in [0.15, 0.2) is 69.7 Å². The van der Waals surface area contributed by atoms with Crippen LogP contribution in [0.3, 0.4) is 0 Å². The van der Waals surface area contributed by atoms with Gasteiger partial charge in [0, 0.05) is 42.2 Å². The number of nitrogens with zero attached hydrogens (tertiary/aromatic N) is 2. The zero-order valence-electron chi connectivity index (χ0n) is 16.8. The number of hydrogen-bond donors (Lipinski definition) is 2. The Hall–Kier alpha value is -2.48. The molecule has 2 atom stereocenters. The molecule has 1 saturated heterocycles. The summed E-state index contributed by atoms with van der Waals surface area (Å²) >= 11 is 3.45. The number of amides is 1. The van der Waals surface area contributed by atoms with Gasteiger partial charge in [-0.3, -0.25) is 4.79 Å². The fourth-order valence-electron chi connectivity index (χ4n) is 3.67. The van der Waals surface area contributed by atoms with Crippen molar-refractivity contribution in [2.24, 2.45) is 0 Å². The third kappa shape index (κ3) is 4.98. The van der Waals surface area contributed by atoms with E-state index in [0.29, 0.717) is 6.54 Å². The second-order valence-corrected chi connectivity index (χ2v) is 8.50. The molecule has 1 aliphatic rings.